The molecule has 0 aliphatic rings. The van der Waals surface area contributed by atoms with E-state index in [0.29, 0.717) is 5.25 Å². The van der Waals surface area contributed by atoms with E-state index in [1.807, 2.05) is 30.8 Å². The molecular formula is C12H15NS. The second kappa shape index (κ2) is 5.07. The van der Waals surface area contributed by atoms with Gasteiger partial charge in [0.05, 0.1) is 11.6 Å². The largest absolute Gasteiger partial charge is 0.192 e. The molecule has 0 amide bonds. The summed E-state index contributed by atoms with van der Waals surface area (Å²) in [6.45, 7) is 6.39. The Morgan fingerprint density at radius 2 is 2.21 bits per heavy atom. The summed E-state index contributed by atoms with van der Waals surface area (Å²) in [7, 11) is 0. The van der Waals surface area contributed by atoms with Gasteiger partial charge in [0.25, 0.3) is 0 Å². The average Bonchev–Trinajstić information content (AvgIpc) is 2.18. The van der Waals surface area contributed by atoms with Gasteiger partial charge in [-0.05, 0) is 37.1 Å². The Morgan fingerprint density at radius 1 is 1.50 bits per heavy atom. The van der Waals surface area contributed by atoms with Crippen LogP contribution in [0.5, 0.6) is 0 Å². The minimum Gasteiger partial charge on any atom is -0.192 e. The zero-order valence-electron chi connectivity index (χ0n) is 8.87. The number of nitriles is 1. The quantitative estimate of drug-likeness (QED) is 0.701. The normalized spacial score (nSPS) is 12.1. The molecule has 74 valence electrons. The van der Waals surface area contributed by atoms with Gasteiger partial charge >= 0.3 is 0 Å². The van der Waals surface area contributed by atoms with E-state index < -0.39 is 0 Å². The van der Waals surface area contributed by atoms with Crippen molar-refractivity contribution in [1.29, 1.82) is 5.26 Å². The maximum Gasteiger partial charge on any atom is 0.0994 e. The van der Waals surface area contributed by atoms with Gasteiger partial charge < -0.3 is 0 Å². The fourth-order valence-electron chi connectivity index (χ4n) is 1.15. The van der Waals surface area contributed by atoms with Crippen LogP contribution < -0.4 is 0 Å². The zero-order valence-corrected chi connectivity index (χ0v) is 9.69. The van der Waals surface area contributed by atoms with Crippen molar-refractivity contribution >= 4 is 11.8 Å². The van der Waals surface area contributed by atoms with Crippen LogP contribution in [0.1, 0.15) is 31.4 Å². The van der Waals surface area contributed by atoms with Crippen LogP contribution in [-0.4, -0.2) is 5.25 Å². The van der Waals surface area contributed by atoms with Gasteiger partial charge in [0.1, 0.15) is 0 Å². The van der Waals surface area contributed by atoms with Crippen molar-refractivity contribution < 1.29 is 0 Å². The fraction of sp³-hybridized carbons (Fsp3) is 0.417. The molecule has 0 N–H and O–H groups in total. The summed E-state index contributed by atoms with van der Waals surface area (Å²) < 4.78 is 0. The van der Waals surface area contributed by atoms with Crippen molar-refractivity contribution in [3.05, 3.63) is 29.3 Å². The Bertz CT molecular complexity index is 352. The summed E-state index contributed by atoms with van der Waals surface area (Å²) in [4.78, 5) is 1.26. The number of nitrogens with zero attached hydrogens (tertiary/aromatic N) is 1. The molecule has 1 rings (SSSR count). The number of hydrogen-bond donors (Lipinski definition) is 0. The predicted molar refractivity (Wildman–Crippen MR) is 61.5 cm³/mol. The fourth-order valence-corrected chi connectivity index (χ4v) is 2.17. The monoisotopic (exact) mass is 205 g/mol. The lowest BCUT2D eigenvalue weighted by Gasteiger charge is -2.08. The van der Waals surface area contributed by atoms with Crippen molar-refractivity contribution in [2.45, 2.75) is 37.3 Å². The standard InChI is InChI=1S/C12H15NS/c1-4-10(3)14-12-6-5-11(8-13)9(2)7-12/h5-7,10H,4H2,1-3H3. The molecule has 0 bridgehead atoms. The second-order valence-corrected chi connectivity index (χ2v) is 4.94. The Labute approximate surface area is 90.1 Å². The SMILES string of the molecule is CCC(C)Sc1ccc(C#N)c(C)c1. The first kappa shape index (κ1) is 11.1. The Kier molecular flexibility index (Phi) is 4.03. The molecule has 1 atom stereocenters. The van der Waals surface area contributed by atoms with Crippen LogP contribution in [0.15, 0.2) is 23.1 Å². The molecule has 1 aromatic carbocycles. The van der Waals surface area contributed by atoms with E-state index in [4.69, 9.17) is 5.26 Å². The van der Waals surface area contributed by atoms with E-state index in [2.05, 4.69) is 26.0 Å². The lowest BCUT2D eigenvalue weighted by atomic mass is 10.1. The molecule has 0 saturated heterocycles. The molecule has 0 radical (unpaired) electrons. The molecule has 14 heavy (non-hydrogen) atoms. The van der Waals surface area contributed by atoms with E-state index >= 15 is 0 Å². The topological polar surface area (TPSA) is 23.8 Å². The number of hydrogen-bond acceptors (Lipinski definition) is 2. The summed E-state index contributed by atoms with van der Waals surface area (Å²) in [6.07, 6.45) is 1.17. The second-order valence-electron chi connectivity index (χ2n) is 3.43. The molecule has 1 aromatic rings. The van der Waals surface area contributed by atoms with E-state index in [1.54, 1.807) is 0 Å². The van der Waals surface area contributed by atoms with E-state index in [0.717, 1.165) is 11.1 Å². The average molecular weight is 205 g/mol. The molecule has 1 nitrogen and oxygen atoms in total. The van der Waals surface area contributed by atoms with E-state index in [9.17, 15) is 0 Å². The minimum absolute atomic E-state index is 0.641. The highest BCUT2D eigenvalue weighted by Gasteiger charge is 2.03. The predicted octanol–water partition coefficient (Wildman–Crippen LogP) is 3.76. The third kappa shape index (κ3) is 2.78. The molecule has 2 heteroatoms. The van der Waals surface area contributed by atoms with Crippen LogP contribution >= 0.6 is 11.8 Å². The Hall–Kier alpha value is -0.940. The first-order chi connectivity index (χ1) is 6.67. The van der Waals surface area contributed by atoms with Crippen molar-refractivity contribution in [1.82, 2.24) is 0 Å². The summed E-state index contributed by atoms with van der Waals surface area (Å²) in [5.41, 5.74) is 1.85. The van der Waals surface area contributed by atoms with Gasteiger partial charge in [-0.15, -0.1) is 11.8 Å². The highest BCUT2D eigenvalue weighted by atomic mass is 32.2. The van der Waals surface area contributed by atoms with E-state index in [-0.39, 0.29) is 0 Å². The first-order valence-corrected chi connectivity index (χ1v) is 5.72. The van der Waals surface area contributed by atoms with Crippen LogP contribution in [0.3, 0.4) is 0 Å². The van der Waals surface area contributed by atoms with Crippen molar-refractivity contribution in [3.8, 4) is 6.07 Å². The molecule has 0 saturated carbocycles. The van der Waals surface area contributed by atoms with Gasteiger partial charge in [-0.1, -0.05) is 13.8 Å². The molecule has 0 fully saturated rings. The van der Waals surface area contributed by atoms with Crippen LogP contribution in [0.4, 0.5) is 0 Å². The van der Waals surface area contributed by atoms with E-state index in [1.165, 1.54) is 11.3 Å². The van der Waals surface area contributed by atoms with Crippen LogP contribution in [0.25, 0.3) is 0 Å². The van der Waals surface area contributed by atoms with Crippen molar-refractivity contribution in [2.24, 2.45) is 0 Å². The molecule has 0 aromatic heterocycles. The maximum absolute atomic E-state index is 8.78. The molecule has 0 aliphatic heterocycles. The van der Waals surface area contributed by atoms with Gasteiger partial charge in [-0.2, -0.15) is 5.26 Å². The third-order valence-electron chi connectivity index (χ3n) is 2.23. The Balaban J connectivity index is 2.82. The molecule has 0 heterocycles. The molecule has 0 aliphatic carbocycles. The van der Waals surface area contributed by atoms with Gasteiger partial charge in [0.2, 0.25) is 0 Å². The van der Waals surface area contributed by atoms with Crippen molar-refractivity contribution in [2.75, 3.05) is 0 Å². The van der Waals surface area contributed by atoms with Crippen molar-refractivity contribution in [3.63, 3.8) is 0 Å². The highest BCUT2D eigenvalue weighted by molar-refractivity contribution is 7.99. The van der Waals surface area contributed by atoms with Crippen LogP contribution in [0.2, 0.25) is 0 Å². The third-order valence-corrected chi connectivity index (χ3v) is 3.49. The van der Waals surface area contributed by atoms with Gasteiger partial charge in [-0.25, -0.2) is 0 Å². The number of benzene rings is 1. The molecular weight excluding hydrogens is 190 g/mol. The minimum atomic E-state index is 0.641. The number of rotatable bonds is 3. The van der Waals surface area contributed by atoms with Gasteiger partial charge in [-0.3, -0.25) is 0 Å². The number of thioether (sulfide) groups is 1. The smallest absolute Gasteiger partial charge is 0.0994 e. The Morgan fingerprint density at radius 3 is 2.71 bits per heavy atom. The zero-order chi connectivity index (χ0) is 10.6. The maximum atomic E-state index is 8.78. The lowest BCUT2D eigenvalue weighted by molar-refractivity contribution is 0.905. The van der Waals surface area contributed by atoms with Gasteiger partial charge in [0.15, 0.2) is 0 Å². The molecule has 1 unspecified atom stereocenters. The summed E-state index contributed by atoms with van der Waals surface area (Å²) >= 11 is 1.87. The first-order valence-electron chi connectivity index (χ1n) is 4.84. The molecule has 0 spiro atoms. The summed E-state index contributed by atoms with van der Waals surface area (Å²) in [5.74, 6) is 0. The highest BCUT2D eigenvalue weighted by Crippen LogP contribution is 2.26. The van der Waals surface area contributed by atoms with Crippen LogP contribution in [0, 0.1) is 18.3 Å². The lowest BCUT2D eigenvalue weighted by Crippen LogP contribution is -1.92. The summed E-state index contributed by atoms with van der Waals surface area (Å²) in [6, 6.07) is 8.21. The number of aryl methyl sites for hydroxylation is 1. The summed E-state index contributed by atoms with van der Waals surface area (Å²) in [5, 5.41) is 9.42. The van der Waals surface area contributed by atoms with Gasteiger partial charge in [0, 0.05) is 10.1 Å². The van der Waals surface area contributed by atoms with Crippen LogP contribution in [-0.2, 0) is 0 Å².